The zero-order valence-electron chi connectivity index (χ0n) is 16.8. The number of aliphatic imine (C=N–C) groups is 1. The van der Waals surface area contributed by atoms with E-state index in [0.717, 1.165) is 51.8 Å². The zero-order valence-corrected chi connectivity index (χ0v) is 19.1. The van der Waals surface area contributed by atoms with Gasteiger partial charge in [0.1, 0.15) is 0 Å². The van der Waals surface area contributed by atoms with E-state index in [1.807, 2.05) is 0 Å². The molecule has 0 amide bonds. The van der Waals surface area contributed by atoms with Crippen LogP contribution in [0.5, 0.6) is 0 Å². The number of likely N-dealkylation sites (N-methyl/N-ethyl adjacent to an activating group) is 1. The number of unbranched alkanes of at least 4 members (excludes halogenated alkanes) is 1. The van der Waals surface area contributed by atoms with Crippen molar-refractivity contribution in [2.45, 2.75) is 52.5 Å². The van der Waals surface area contributed by atoms with Crippen molar-refractivity contribution in [1.82, 2.24) is 20.4 Å². The smallest absolute Gasteiger partial charge is 0.191 e. The Bertz CT molecular complexity index is 378. The van der Waals surface area contributed by atoms with E-state index in [1.54, 1.807) is 0 Å². The maximum atomic E-state index is 4.75. The Morgan fingerprint density at radius 2 is 1.92 bits per heavy atom. The molecule has 5 nitrogen and oxygen atoms in total. The molecule has 0 aromatic carbocycles. The van der Waals surface area contributed by atoms with E-state index >= 15 is 0 Å². The van der Waals surface area contributed by atoms with Crippen LogP contribution in [0.1, 0.15) is 46.5 Å². The lowest BCUT2D eigenvalue weighted by molar-refractivity contribution is 0.221. The molecule has 1 heterocycles. The second kappa shape index (κ2) is 14.8. The third-order valence-corrected chi connectivity index (χ3v) is 4.41. The summed E-state index contributed by atoms with van der Waals surface area (Å²) in [5, 5.41) is 7.00. The molecule has 0 spiro atoms. The average molecular weight is 465 g/mol. The average Bonchev–Trinajstić information content (AvgIpc) is 2.54. The van der Waals surface area contributed by atoms with E-state index in [2.05, 4.69) is 54.8 Å². The summed E-state index contributed by atoms with van der Waals surface area (Å²) in [5.74, 6) is 0.972. The highest BCUT2D eigenvalue weighted by Crippen LogP contribution is 2.11. The minimum absolute atomic E-state index is 0. The molecule has 0 bridgehead atoms. The van der Waals surface area contributed by atoms with Crippen molar-refractivity contribution in [3.8, 4) is 0 Å². The van der Waals surface area contributed by atoms with Crippen LogP contribution >= 0.6 is 24.0 Å². The topological polar surface area (TPSA) is 42.9 Å². The molecule has 1 aliphatic rings. The molecular formula is C19H40IN5. The number of piperidine rings is 1. The lowest BCUT2D eigenvalue weighted by Gasteiger charge is -2.33. The van der Waals surface area contributed by atoms with Crippen molar-refractivity contribution in [3.63, 3.8) is 0 Å². The molecular weight excluding hydrogens is 425 g/mol. The monoisotopic (exact) mass is 465 g/mol. The van der Waals surface area contributed by atoms with Crippen LogP contribution < -0.4 is 10.6 Å². The lowest BCUT2D eigenvalue weighted by atomic mass is 10.0. The van der Waals surface area contributed by atoms with E-state index in [4.69, 9.17) is 4.99 Å². The summed E-state index contributed by atoms with van der Waals surface area (Å²) >= 11 is 0. The maximum absolute atomic E-state index is 4.75. The molecule has 0 aliphatic carbocycles. The third-order valence-electron chi connectivity index (χ3n) is 4.41. The fourth-order valence-corrected chi connectivity index (χ4v) is 3.00. The van der Waals surface area contributed by atoms with Crippen molar-refractivity contribution in [2.24, 2.45) is 4.99 Å². The summed E-state index contributed by atoms with van der Waals surface area (Å²) in [7, 11) is 2.18. The zero-order chi connectivity index (χ0) is 17.8. The highest BCUT2D eigenvalue weighted by Gasteiger charge is 2.19. The largest absolute Gasteiger partial charge is 0.357 e. The first-order valence-electron chi connectivity index (χ1n) is 9.65. The second-order valence-electron chi connectivity index (χ2n) is 7.07. The second-order valence-corrected chi connectivity index (χ2v) is 7.07. The molecule has 25 heavy (non-hydrogen) atoms. The number of nitrogens with zero attached hydrogens (tertiary/aromatic N) is 3. The van der Waals surface area contributed by atoms with E-state index in [-0.39, 0.29) is 24.0 Å². The predicted molar refractivity (Wildman–Crippen MR) is 121 cm³/mol. The molecule has 1 rings (SSSR count). The Labute approximate surface area is 172 Å². The highest BCUT2D eigenvalue weighted by atomic mass is 127. The van der Waals surface area contributed by atoms with Gasteiger partial charge in [0.05, 0.1) is 6.54 Å². The molecule has 0 radical (unpaired) electrons. The molecule has 0 aromatic rings. The molecule has 0 atom stereocenters. The van der Waals surface area contributed by atoms with Gasteiger partial charge in [0.15, 0.2) is 5.96 Å². The summed E-state index contributed by atoms with van der Waals surface area (Å²) in [4.78, 5) is 9.61. The molecule has 0 aromatic heterocycles. The van der Waals surface area contributed by atoms with Gasteiger partial charge in [-0.3, -0.25) is 9.89 Å². The number of hydrogen-bond donors (Lipinski definition) is 2. The number of hydrogen-bond acceptors (Lipinski definition) is 3. The van der Waals surface area contributed by atoms with Crippen LogP contribution in [0.3, 0.4) is 0 Å². The van der Waals surface area contributed by atoms with Crippen LogP contribution in [0.2, 0.25) is 0 Å². The Hall–Kier alpha value is -0.340. The van der Waals surface area contributed by atoms with Crippen molar-refractivity contribution >= 4 is 29.9 Å². The standard InChI is InChI=1S/C19H39N5.HI/c1-6-8-12-23(5)15-11-21-19(20-7-2)22-18-9-13-24(14-10-18)16-17(3)4;/h18H,3,6-16H2,1-2,4-5H3,(H2,20,21,22);1H. The predicted octanol–water partition coefficient (Wildman–Crippen LogP) is 2.93. The van der Waals surface area contributed by atoms with Crippen LogP contribution in [-0.2, 0) is 0 Å². The van der Waals surface area contributed by atoms with Gasteiger partial charge in [-0.1, -0.05) is 25.5 Å². The summed E-state index contributed by atoms with van der Waals surface area (Å²) < 4.78 is 0. The van der Waals surface area contributed by atoms with Gasteiger partial charge in [0.2, 0.25) is 0 Å². The van der Waals surface area contributed by atoms with Crippen LogP contribution in [0.25, 0.3) is 0 Å². The van der Waals surface area contributed by atoms with Gasteiger partial charge in [-0.15, -0.1) is 24.0 Å². The molecule has 6 heteroatoms. The molecule has 0 unspecified atom stereocenters. The first kappa shape index (κ1) is 24.7. The van der Waals surface area contributed by atoms with E-state index in [1.165, 1.54) is 31.3 Å². The van der Waals surface area contributed by atoms with Gasteiger partial charge in [0, 0.05) is 38.8 Å². The van der Waals surface area contributed by atoms with Gasteiger partial charge in [-0.05, 0) is 46.7 Å². The fraction of sp³-hybridized carbons (Fsp3) is 0.842. The van der Waals surface area contributed by atoms with E-state index in [0.29, 0.717) is 6.04 Å². The van der Waals surface area contributed by atoms with E-state index < -0.39 is 0 Å². The van der Waals surface area contributed by atoms with Gasteiger partial charge >= 0.3 is 0 Å². The SMILES string of the molecule is C=C(C)CN1CCC(NC(=NCCN(C)CCCC)NCC)CC1.I. The number of rotatable bonds is 10. The van der Waals surface area contributed by atoms with Gasteiger partial charge in [0.25, 0.3) is 0 Å². The fourth-order valence-electron chi connectivity index (χ4n) is 3.00. The van der Waals surface area contributed by atoms with E-state index in [9.17, 15) is 0 Å². The number of nitrogens with one attached hydrogen (secondary N) is 2. The van der Waals surface area contributed by atoms with Gasteiger partial charge in [-0.2, -0.15) is 0 Å². The first-order valence-corrected chi connectivity index (χ1v) is 9.65. The Balaban J connectivity index is 0.00000576. The lowest BCUT2D eigenvalue weighted by Crippen LogP contribution is -2.49. The van der Waals surface area contributed by atoms with Crippen LogP contribution in [0, 0.1) is 0 Å². The normalized spacial score (nSPS) is 16.6. The van der Waals surface area contributed by atoms with Crippen molar-refractivity contribution in [2.75, 3.05) is 52.9 Å². The van der Waals surface area contributed by atoms with Crippen LogP contribution in [0.4, 0.5) is 0 Å². The minimum Gasteiger partial charge on any atom is -0.357 e. The van der Waals surface area contributed by atoms with Gasteiger partial charge in [-0.25, -0.2) is 0 Å². The first-order chi connectivity index (χ1) is 11.5. The quantitative estimate of drug-likeness (QED) is 0.225. The Kier molecular flexibility index (Phi) is 14.6. The highest BCUT2D eigenvalue weighted by molar-refractivity contribution is 14.0. The minimum atomic E-state index is 0. The molecule has 0 saturated carbocycles. The summed E-state index contributed by atoms with van der Waals surface area (Å²) in [6.07, 6.45) is 4.87. The van der Waals surface area contributed by atoms with Crippen LogP contribution in [0.15, 0.2) is 17.1 Å². The molecule has 2 N–H and O–H groups in total. The number of likely N-dealkylation sites (tertiary alicyclic amines) is 1. The number of guanidine groups is 1. The van der Waals surface area contributed by atoms with Crippen molar-refractivity contribution < 1.29 is 0 Å². The molecule has 1 saturated heterocycles. The number of halogens is 1. The van der Waals surface area contributed by atoms with Crippen molar-refractivity contribution in [1.29, 1.82) is 0 Å². The molecule has 1 aliphatic heterocycles. The summed E-state index contributed by atoms with van der Waals surface area (Å²) in [5.41, 5.74) is 1.25. The summed E-state index contributed by atoms with van der Waals surface area (Å²) in [6.45, 7) is 17.8. The van der Waals surface area contributed by atoms with Crippen molar-refractivity contribution in [3.05, 3.63) is 12.2 Å². The molecule has 1 fully saturated rings. The summed E-state index contributed by atoms with van der Waals surface area (Å²) in [6, 6.07) is 0.530. The Morgan fingerprint density at radius 3 is 2.48 bits per heavy atom. The Morgan fingerprint density at radius 1 is 1.24 bits per heavy atom. The van der Waals surface area contributed by atoms with Gasteiger partial charge < -0.3 is 15.5 Å². The third kappa shape index (κ3) is 11.8. The maximum Gasteiger partial charge on any atom is 0.191 e. The molecule has 148 valence electrons. The van der Waals surface area contributed by atoms with Crippen LogP contribution in [-0.4, -0.2) is 74.7 Å².